The molecule has 0 aromatic carbocycles. The van der Waals surface area contributed by atoms with E-state index in [1.165, 1.54) is 25.7 Å². The Kier molecular flexibility index (Phi) is 4.81. The number of hydrogen-bond acceptors (Lipinski definition) is 3. The first-order valence-corrected chi connectivity index (χ1v) is 7.60. The molecule has 4 atom stereocenters. The Labute approximate surface area is 116 Å². The zero-order valence-electron chi connectivity index (χ0n) is 12.1. The predicted molar refractivity (Wildman–Crippen MR) is 74.3 cm³/mol. The van der Waals surface area contributed by atoms with E-state index in [1.54, 1.807) is 0 Å². The van der Waals surface area contributed by atoms with Gasteiger partial charge in [0.05, 0.1) is 18.0 Å². The maximum Gasteiger partial charge on any atom is 0.239 e. The smallest absolute Gasteiger partial charge is 0.239 e. The summed E-state index contributed by atoms with van der Waals surface area (Å²) >= 11 is 0. The highest BCUT2D eigenvalue weighted by atomic mass is 16.2. The van der Waals surface area contributed by atoms with E-state index in [0.29, 0.717) is 25.0 Å². The summed E-state index contributed by atoms with van der Waals surface area (Å²) in [6, 6.07) is 2.75. The highest BCUT2D eigenvalue weighted by molar-refractivity contribution is 5.82. The molecule has 106 valence electrons. The van der Waals surface area contributed by atoms with Crippen LogP contribution in [0.2, 0.25) is 0 Å². The van der Waals surface area contributed by atoms with E-state index in [2.05, 4.69) is 11.4 Å². The molecule has 1 amide bonds. The first-order valence-electron chi connectivity index (χ1n) is 7.60. The van der Waals surface area contributed by atoms with Crippen molar-refractivity contribution in [2.45, 2.75) is 58.0 Å². The third-order valence-corrected chi connectivity index (χ3v) is 4.57. The lowest BCUT2D eigenvalue weighted by Crippen LogP contribution is -2.46. The summed E-state index contributed by atoms with van der Waals surface area (Å²) in [7, 11) is 0. The molecule has 2 aliphatic rings. The Morgan fingerprint density at radius 2 is 2.21 bits per heavy atom. The fourth-order valence-corrected chi connectivity index (χ4v) is 3.48. The molecule has 1 N–H and O–H groups in total. The number of hydrogen-bond donors (Lipinski definition) is 1. The van der Waals surface area contributed by atoms with Gasteiger partial charge in [0.2, 0.25) is 5.91 Å². The van der Waals surface area contributed by atoms with Crippen LogP contribution in [0.5, 0.6) is 0 Å². The van der Waals surface area contributed by atoms with Crippen molar-refractivity contribution in [2.24, 2.45) is 11.8 Å². The van der Waals surface area contributed by atoms with Gasteiger partial charge in [0, 0.05) is 19.1 Å². The number of carbonyl (C=O) groups excluding carboxylic acids is 1. The summed E-state index contributed by atoms with van der Waals surface area (Å²) < 4.78 is 0. The Balaban J connectivity index is 1.93. The monoisotopic (exact) mass is 263 g/mol. The highest BCUT2D eigenvalue weighted by Crippen LogP contribution is 2.33. The van der Waals surface area contributed by atoms with Crippen LogP contribution in [-0.2, 0) is 4.79 Å². The van der Waals surface area contributed by atoms with E-state index >= 15 is 0 Å². The highest BCUT2D eigenvalue weighted by Gasteiger charge is 2.39. The number of carbonyl (C=O) groups is 1. The van der Waals surface area contributed by atoms with Crippen molar-refractivity contribution in [3.63, 3.8) is 0 Å². The molecule has 1 aliphatic heterocycles. The van der Waals surface area contributed by atoms with Crippen molar-refractivity contribution < 1.29 is 4.79 Å². The van der Waals surface area contributed by atoms with Crippen LogP contribution in [0.25, 0.3) is 0 Å². The summed E-state index contributed by atoms with van der Waals surface area (Å²) in [5.41, 5.74) is 0. The lowest BCUT2D eigenvalue weighted by molar-refractivity contribution is -0.133. The maximum atomic E-state index is 12.5. The first-order chi connectivity index (χ1) is 9.15. The topological polar surface area (TPSA) is 56.1 Å². The zero-order valence-corrected chi connectivity index (χ0v) is 12.1. The molecule has 1 heterocycles. The normalized spacial score (nSPS) is 31.3. The number of nitriles is 1. The number of rotatable bonds is 4. The third-order valence-electron chi connectivity index (χ3n) is 4.57. The Hall–Kier alpha value is -1.08. The Bertz CT molecular complexity index is 349. The summed E-state index contributed by atoms with van der Waals surface area (Å²) in [6.45, 7) is 5.11. The number of fused-ring (bicyclic) bond motifs is 1. The second-order valence-corrected chi connectivity index (χ2v) is 6.01. The van der Waals surface area contributed by atoms with Gasteiger partial charge in [-0.25, -0.2) is 0 Å². The standard InChI is InChI=1S/C15H25N3O/c1-3-18(10-11(2)9-16)15(19)14-8-12-6-4-5-7-13(12)17-14/h11-14,17H,3-8,10H2,1-2H3. The van der Waals surface area contributed by atoms with E-state index in [0.717, 1.165) is 6.42 Å². The van der Waals surface area contributed by atoms with Crippen LogP contribution in [0, 0.1) is 23.2 Å². The number of amides is 1. The number of nitrogens with one attached hydrogen (secondary N) is 1. The minimum absolute atomic E-state index is 0.0149. The fraction of sp³-hybridized carbons (Fsp3) is 0.867. The molecule has 4 unspecified atom stereocenters. The lowest BCUT2D eigenvalue weighted by atomic mass is 9.85. The van der Waals surface area contributed by atoms with Crippen molar-refractivity contribution in [3.8, 4) is 6.07 Å². The van der Waals surface area contributed by atoms with Crippen LogP contribution in [-0.4, -0.2) is 36.0 Å². The Morgan fingerprint density at radius 1 is 1.47 bits per heavy atom. The fourth-order valence-electron chi connectivity index (χ4n) is 3.48. The van der Waals surface area contributed by atoms with Gasteiger partial charge in [-0.3, -0.25) is 4.79 Å². The lowest BCUT2D eigenvalue weighted by Gasteiger charge is -2.26. The zero-order chi connectivity index (χ0) is 13.8. The molecule has 19 heavy (non-hydrogen) atoms. The van der Waals surface area contributed by atoms with Gasteiger partial charge < -0.3 is 10.2 Å². The molecule has 2 rings (SSSR count). The first kappa shape index (κ1) is 14.3. The third kappa shape index (κ3) is 3.27. The van der Waals surface area contributed by atoms with Gasteiger partial charge in [-0.15, -0.1) is 0 Å². The molecule has 0 radical (unpaired) electrons. The van der Waals surface area contributed by atoms with Gasteiger partial charge in [0.1, 0.15) is 0 Å². The SMILES string of the molecule is CCN(CC(C)C#N)C(=O)C1CC2CCCCC2N1. The minimum Gasteiger partial charge on any atom is -0.340 e. The molecule has 4 nitrogen and oxygen atoms in total. The molecule has 2 fully saturated rings. The van der Waals surface area contributed by atoms with Crippen LogP contribution in [0.4, 0.5) is 0 Å². The molecular formula is C15H25N3O. The Morgan fingerprint density at radius 3 is 2.84 bits per heavy atom. The van der Waals surface area contributed by atoms with Gasteiger partial charge in [-0.1, -0.05) is 12.8 Å². The maximum absolute atomic E-state index is 12.5. The molecule has 0 spiro atoms. The minimum atomic E-state index is -0.0902. The van der Waals surface area contributed by atoms with Gasteiger partial charge in [-0.2, -0.15) is 5.26 Å². The van der Waals surface area contributed by atoms with Crippen molar-refractivity contribution in [1.82, 2.24) is 10.2 Å². The molecule has 0 bridgehead atoms. The van der Waals surface area contributed by atoms with Crippen LogP contribution < -0.4 is 5.32 Å². The molecule has 0 aromatic rings. The largest absolute Gasteiger partial charge is 0.340 e. The second-order valence-electron chi connectivity index (χ2n) is 6.01. The van der Waals surface area contributed by atoms with Gasteiger partial charge in [0.25, 0.3) is 0 Å². The molecule has 1 saturated carbocycles. The van der Waals surface area contributed by atoms with Crippen molar-refractivity contribution >= 4 is 5.91 Å². The van der Waals surface area contributed by atoms with Crippen molar-refractivity contribution in [3.05, 3.63) is 0 Å². The quantitative estimate of drug-likeness (QED) is 0.843. The summed E-state index contributed by atoms with van der Waals surface area (Å²) in [5, 5.41) is 12.4. The number of nitrogens with zero attached hydrogens (tertiary/aromatic N) is 2. The van der Waals surface area contributed by atoms with Crippen LogP contribution in [0.15, 0.2) is 0 Å². The molecule has 1 saturated heterocycles. The van der Waals surface area contributed by atoms with E-state index < -0.39 is 0 Å². The van der Waals surface area contributed by atoms with Crippen molar-refractivity contribution in [2.75, 3.05) is 13.1 Å². The van der Waals surface area contributed by atoms with E-state index in [4.69, 9.17) is 5.26 Å². The van der Waals surface area contributed by atoms with E-state index in [9.17, 15) is 4.79 Å². The summed E-state index contributed by atoms with van der Waals surface area (Å²) in [4.78, 5) is 14.4. The second kappa shape index (κ2) is 6.38. The van der Waals surface area contributed by atoms with E-state index in [1.807, 2.05) is 18.7 Å². The van der Waals surface area contributed by atoms with Crippen LogP contribution in [0.1, 0.15) is 46.0 Å². The van der Waals surface area contributed by atoms with Gasteiger partial charge in [-0.05, 0) is 39.0 Å². The van der Waals surface area contributed by atoms with Gasteiger partial charge >= 0.3 is 0 Å². The van der Waals surface area contributed by atoms with Gasteiger partial charge in [0.15, 0.2) is 0 Å². The molecule has 0 aromatic heterocycles. The molecule has 4 heteroatoms. The van der Waals surface area contributed by atoms with E-state index in [-0.39, 0.29) is 17.9 Å². The van der Waals surface area contributed by atoms with Crippen molar-refractivity contribution in [1.29, 1.82) is 5.26 Å². The molecular weight excluding hydrogens is 238 g/mol. The van der Waals surface area contributed by atoms with Crippen LogP contribution in [0.3, 0.4) is 0 Å². The van der Waals surface area contributed by atoms with Crippen LogP contribution >= 0.6 is 0 Å². The summed E-state index contributed by atoms with van der Waals surface area (Å²) in [5.74, 6) is 0.793. The predicted octanol–water partition coefficient (Wildman–Crippen LogP) is 1.92. The number of likely N-dealkylation sites (N-methyl/N-ethyl adjacent to an activating group) is 1. The molecule has 1 aliphatic carbocycles. The average Bonchev–Trinajstić information content (AvgIpc) is 2.87. The summed E-state index contributed by atoms with van der Waals surface area (Å²) in [6.07, 6.45) is 6.07. The average molecular weight is 263 g/mol.